The number of benzene rings is 2. The van der Waals surface area contributed by atoms with E-state index in [0.717, 1.165) is 24.3 Å². The predicted octanol–water partition coefficient (Wildman–Crippen LogP) is 3.37. The average Bonchev–Trinajstić information content (AvgIpc) is 2.46. The van der Waals surface area contributed by atoms with Gasteiger partial charge in [0, 0.05) is 0 Å². The normalized spacial score (nSPS) is 10.6. The van der Waals surface area contributed by atoms with Crippen LogP contribution in [0.4, 0.5) is 13.2 Å². The fourth-order valence-corrected chi connectivity index (χ4v) is 1.71. The summed E-state index contributed by atoms with van der Waals surface area (Å²) in [5, 5.41) is 0. The highest BCUT2D eigenvalue weighted by Gasteiger charge is 2.31. The molecule has 102 valence electrons. The van der Waals surface area contributed by atoms with Crippen LogP contribution in [0.3, 0.4) is 0 Å². The van der Waals surface area contributed by atoms with Crippen LogP contribution in [0.2, 0.25) is 0 Å². The van der Waals surface area contributed by atoms with E-state index in [-0.39, 0.29) is 0 Å². The summed E-state index contributed by atoms with van der Waals surface area (Å²) in [4.78, 5) is 23.5. The van der Waals surface area contributed by atoms with E-state index in [9.17, 15) is 22.8 Å². The van der Waals surface area contributed by atoms with Gasteiger partial charge in [0.15, 0.2) is 0 Å². The SMILES string of the molecule is O=C(c1ccccc1F)C(F)C(=O)c1ccccc1F. The molecule has 0 aliphatic rings. The molecule has 0 aliphatic carbocycles. The molecule has 0 heterocycles. The van der Waals surface area contributed by atoms with Gasteiger partial charge in [-0.25, -0.2) is 13.2 Å². The Morgan fingerprint density at radius 1 is 0.750 bits per heavy atom. The highest BCUT2D eigenvalue weighted by molar-refractivity contribution is 6.18. The molecule has 2 aromatic rings. The number of hydrogen-bond acceptors (Lipinski definition) is 2. The van der Waals surface area contributed by atoms with E-state index in [0.29, 0.717) is 0 Å². The lowest BCUT2D eigenvalue weighted by molar-refractivity contribution is 0.0754. The Kier molecular flexibility index (Phi) is 3.98. The van der Waals surface area contributed by atoms with Gasteiger partial charge >= 0.3 is 0 Å². The minimum atomic E-state index is -2.64. The van der Waals surface area contributed by atoms with Crippen molar-refractivity contribution in [3.63, 3.8) is 0 Å². The van der Waals surface area contributed by atoms with Crippen molar-refractivity contribution in [2.24, 2.45) is 0 Å². The number of Topliss-reactive ketones (excluding diaryl/α,β-unsaturated/α-hetero) is 2. The second-order valence-electron chi connectivity index (χ2n) is 4.05. The molecule has 0 aliphatic heterocycles. The number of alkyl halides is 1. The Morgan fingerprint density at radius 3 is 1.45 bits per heavy atom. The average molecular weight is 278 g/mol. The largest absolute Gasteiger partial charge is 0.290 e. The van der Waals surface area contributed by atoms with Gasteiger partial charge in [0.2, 0.25) is 17.7 Å². The molecule has 2 rings (SSSR count). The van der Waals surface area contributed by atoms with Crippen LogP contribution in [0.5, 0.6) is 0 Å². The summed E-state index contributed by atoms with van der Waals surface area (Å²) < 4.78 is 40.6. The zero-order valence-electron chi connectivity index (χ0n) is 10.1. The summed E-state index contributed by atoms with van der Waals surface area (Å²) in [5.41, 5.74) is -1.07. The standard InChI is InChI=1S/C15H9F3O2/c16-11-7-3-1-5-9(11)14(19)13(18)15(20)10-6-2-4-8-12(10)17/h1-8,13H. The number of rotatable bonds is 4. The molecule has 0 fully saturated rings. The molecule has 0 spiro atoms. The van der Waals surface area contributed by atoms with Crippen molar-refractivity contribution >= 4 is 11.6 Å². The molecule has 0 radical (unpaired) electrons. The van der Waals surface area contributed by atoms with Gasteiger partial charge in [-0.1, -0.05) is 24.3 Å². The van der Waals surface area contributed by atoms with Crippen LogP contribution in [-0.2, 0) is 0 Å². The first-order valence-corrected chi connectivity index (χ1v) is 5.74. The lowest BCUT2D eigenvalue weighted by Crippen LogP contribution is -2.27. The van der Waals surface area contributed by atoms with E-state index in [1.165, 1.54) is 24.3 Å². The minimum absolute atomic E-state index is 0.537. The molecule has 2 nitrogen and oxygen atoms in total. The fourth-order valence-electron chi connectivity index (χ4n) is 1.71. The van der Waals surface area contributed by atoms with Crippen LogP contribution in [0.1, 0.15) is 20.7 Å². The van der Waals surface area contributed by atoms with Crippen molar-refractivity contribution in [3.8, 4) is 0 Å². The van der Waals surface area contributed by atoms with Gasteiger partial charge in [-0.05, 0) is 24.3 Å². The summed E-state index contributed by atoms with van der Waals surface area (Å²) >= 11 is 0. The van der Waals surface area contributed by atoms with Gasteiger partial charge in [0.25, 0.3) is 0 Å². The van der Waals surface area contributed by atoms with Gasteiger partial charge in [-0.15, -0.1) is 0 Å². The Bertz CT molecular complexity index is 610. The maximum absolute atomic E-state index is 13.9. The van der Waals surface area contributed by atoms with Gasteiger partial charge < -0.3 is 0 Å². The van der Waals surface area contributed by atoms with Crippen LogP contribution < -0.4 is 0 Å². The Hall–Kier alpha value is -2.43. The molecule has 5 heteroatoms. The number of ketones is 2. The summed E-state index contributed by atoms with van der Waals surface area (Å²) in [6.45, 7) is 0. The molecule has 0 atom stereocenters. The number of halogens is 3. The summed E-state index contributed by atoms with van der Waals surface area (Å²) in [6, 6.07) is 9.45. The van der Waals surface area contributed by atoms with E-state index in [1.54, 1.807) is 0 Å². The van der Waals surface area contributed by atoms with Gasteiger partial charge in [0.1, 0.15) is 11.6 Å². The molecular weight excluding hydrogens is 269 g/mol. The lowest BCUT2D eigenvalue weighted by atomic mass is 9.99. The zero-order valence-corrected chi connectivity index (χ0v) is 10.1. The number of hydrogen-bond donors (Lipinski definition) is 0. The van der Waals surface area contributed by atoms with Crippen LogP contribution in [-0.4, -0.2) is 17.7 Å². The third kappa shape index (κ3) is 2.61. The second kappa shape index (κ2) is 5.69. The van der Waals surface area contributed by atoms with Crippen molar-refractivity contribution in [3.05, 3.63) is 71.3 Å². The molecule has 2 aromatic carbocycles. The zero-order chi connectivity index (χ0) is 14.7. The quantitative estimate of drug-likeness (QED) is 0.634. The van der Waals surface area contributed by atoms with E-state index < -0.39 is 40.5 Å². The molecule has 0 N–H and O–H groups in total. The molecule has 20 heavy (non-hydrogen) atoms. The molecule has 0 saturated carbocycles. The van der Waals surface area contributed by atoms with Gasteiger partial charge in [-0.2, -0.15) is 0 Å². The smallest absolute Gasteiger partial charge is 0.225 e. The molecule has 0 amide bonds. The highest BCUT2D eigenvalue weighted by atomic mass is 19.1. The van der Waals surface area contributed by atoms with E-state index in [4.69, 9.17) is 0 Å². The summed E-state index contributed by atoms with van der Waals surface area (Å²) in [5.74, 6) is -4.50. The molecule has 0 bridgehead atoms. The molecule has 0 unspecified atom stereocenters. The van der Waals surface area contributed by atoms with Crippen molar-refractivity contribution in [2.45, 2.75) is 6.17 Å². The summed E-state index contributed by atoms with van der Waals surface area (Å²) in [7, 11) is 0. The third-order valence-electron chi connectivity index (χ3n) is 2.74. The maximum Gasteiger partial charge on any atom is 0.225 e. The van der Waals surface area contributed by atoms with Crippen molar-refractivity contribution in [1.29, 1.82) is 0 Å². The first-order chi connectivity index (χ1) is 9.52. The lowest BCUT2D eigenvalue weighted by Gasteiger charge is -2.08. The van der Waals surface area contributed by atoms with Crippen LogP contribution >= 0.6 is 0 Å². The second-order valence-corrected chi connectivity index (χ2v) is 4.05. The number of carbonyl (C=O) groups excluding carboxylic acids is 2. The van der Waals surface area contributed by atoms with E-state index in [2.05, 4.69) is 0 Å². The Labute approximate surface area is 112 Å². The van der Waals surface area contributed by atoms with Crippen molar-refractivity contribution in [1.82, 2.24) is 0 Å². The van der Waals surface area contributed by atoms with Crippen LogP contribution in [0.25, 0.3) is 0 Å². The fraction of sp³-hybridized carbons (Fsp3) is 0.0667. The topological polar surface area (TPSA) is 34.1 Å². The van der Waals surface area contributed by atoms with Gasteiger partial charge in [-0.3, -0.25) is 9.59 Å². The monoisotopic (exact) mass is 278 g/mol. The first kappa shape index (κ1) is 14.0. The Balaban J connectivity index is 2.30. The van der Waals surface area contributed by atoms with E-state index >= 15 is 0 Å². The van der Waals surface area contributed by atoms with Gasteiger partial charge in [0.05, 0.1) is 11.1 Å². The molecule has 0 saturated heterocycles. The van der Waals surface area contributed by atoms with Crippen LogP contribution in [0.15, 0.2) is 48.5 Å². The van der Waals surface area contributed by atoms with Crippen LogP contribution in [0, 0.1) is 11.6 Å². The van der Waals surface area contributed by atoms with E-state index in [1.807, 2.05) is 0 Å². The predicted molar refractivity (Wildman–Crippen MR) is 66.4 cm³/mol. The maximum atomic E-state index is 13.9. The minimum Gasteiger partial charge on any atom is -0.290 e. The molecule has 0 aromatic heterocycles. The van der Waals surface area contributed by atoms with Crippen molar-refractivity contribution < 1.29 is 22.8 Å². The Morgan fingerprint density at radius 2 is 1.10 bits per heavy atom. The molecular formula is C15H9F3O2. The number of carbonyl (C=O) groups is 2. The highest BCUT2D eigenvalue weighted by Crippen LogP contribution is 2.16. The van der Waals surface area contributed by atoms with Crippen molar-refractivity contribution in [2.75, 3.05) is 0 Å². The third-order valence-corrected chi connectivity index (χ3v) is 2.74. The summed E-state index contributed by atoms with van der Waals surface area (Å²) in [6.07, 6.45) is -2.64. The first-order valence-electron chi connectivity index (χ1n) is 5.74.